The van der Waals surface area contributed by atoms with Crippen molar-refractivity contribution in [2.75, 3.05) is 13.7 Å². The molecule has 0 saturated heterocycles. The molecule has 0 heterocycles. The average Bonchev–Trinajstić information content (AvgIpc) is 2.28. The van der Waals surface area contributed by atoms with E-state index in [-0.39, 0.29) is 0 Å². The Morgan fingerprint density at radius 3 is 2.47 bits per heavy atom. The van der Waals surface area contributed by atoms with Crippen LogP contribution in [-0.4, -0.2) is 13.7 Å². The zero-order chi connectivity index (χ0) is 11.3. The summed E-state index contributed by atoms with van der Waals surface area (Å²) in [6, 6.07) is 5.71. The Labute approximate surface area is 90.2 Å². The SMILES string of the molecule is CCOc1cc(OC)c(C#N)cc1CC. The van der Waals surface area contributed by atoms with Crippen molar-refractivity contribution in [2.24, 2.45) is 0 Å². The van der Waals surface area contributed by atoms with Crippen LogP contribution in [0.1, 0.15) is 25.0 Å². The lowest BCUT2D eigenvalue weighted by Gasteiger charge is -2.11. The minimum atomic E-state index is 0.554. The summed E-state index contributed by atoms with van der Waals surface area (Å²) in [4.78, 5) is 0. The zero-order valence-corrected chi connectivity index (χ0v) is 9.33. The fourth-order valence-corrected chi connectivity index (χ4v) is 1.43. The highest BCUT2D eigenvalue weighted by Gasteiger charge is 2.09. The molecule has 0 saturated carbocycles. The lowest BCUT2D eigenvalue weighted by Crippen LogP contribution is -1.98. The molecule has 0 atom stereocenters. The average molecular weight is 205 g/mol. The monoisotopic (exact) mass is 205 g/mol. The van der Waals surface area contributed by atoms with Crippen LogP contribution in [0.5, 0.6) is 11.5 Å². The van der Waals surface area contributed by atoms with Crippen LogP contribution >= 0.6 is 0 Å². The quantitative estimate of drug-likeness (QED) is 0.758. The number of hydrogen-bond acceptors (Lipinski definition) is 3. The summed E-state index contributed by atoms with van der Waals surface area (Å²) in [6.45, 7) is 4.58. The molecule has 0 N–H and O–H groups in total. The Bertz CT molecular complexity index is 380. The molecule has 0 aliphatic carbocycles. The normalized spacial score (nSPS) is 9.47. The van der Waals surface area contributed by atoms with Crippen molar-refractivity contribution >= 4 is 0 Å². The van der Waals surface area contributed by atoms with Crippen LogP contribution in [0.25, 0.3) is 0 Å². The minimum Gasteiger partial charge on any atom is -0.495 e. The molecule has 3 nitrogen and oxygen atoms in total. The third kappa shape index (κ3) is 2.41. The molecule has 0 radical (unpaired) electrons. The summed E-state index contributed by atoms with van der Waals surface area (Å²) in [5.41, 5.74) is 1.59. The molecule has 1 aromatic carbocycles. The van der Waals surface area contributed by atoms with Crippen molar-refractivity contribution in [1.29, 1.82) is 5.26 Å². The van der Waals surface area contributed by atoms with Gasteiger partial charge in [-0.3, -0.25) is 0 Å². The van der Waals surface area contributed by atoms with Crippen molar-refractivity contribution in [3.05, 3.63) is 23.3 Å². The van der Waals surface area contributed by atoms with Gasteiger partial charge in [-0.05, 0) is 25.0 Å². The number of aryl methyl sites for hydroxylation is 1. The molecule has 3 heteroatoms. The molecular formula is C12H15NO2. The molecule has 15 heavy (non-hydrogen) atoms. The van der Waals surface area contributed by atoms with Gasteiger partial charge in [-0.25, -0.2) is 0 Å². The number of hydrogen-bond donors (Lipinski definition) is 0. The predicted octanol–water partition coefficient (Wildman–Crippen LogP) is 2.53. The molecule has 0 spiro atoms. The first kappa shape index (κ1) is 11.4. The molecule has 0 amide bonds. The Morgan fingerprint density at radius 1 is 1.27 bits per heavy atom. The van der Waals surface area contributed by atoms with Crippen LogP contribution in [0.15, 0.2) is 12.1 Å². The Balaban J connectivity index is 3.22. The van der Waals surface area contributed by atoms with E-state index in [0.29, 0.717) is 17.9 Å². The van der Waals surface area contributed by atoms with E-state index in [0.717, 1.165) is 17.7 Å². The Kier molecular flexibility index (Phi) is 3.99. The molecule has 0 aromatic heterocycles. The predicted molar refractivity (Wildman–Crippen MR) is 58.3 cm³/mol. The van der Waals surface area contributed by atoms with E-state index < -0.39 is 0 Å². The van der Waals surface area contributed by atoms with Crippen LogP contribution in [-0.2, 0) is 6.42 Å². The molecule has 0 unspecified atom stereocenters. The fraction of sp³-hybridized carbons (Fsp3) is 0.417. The first-order valence-electron chi connectivity index (χ1n) is 5.00. The number of methoxy groups -OCH3 is 1. The summed E-state index contributed by atoms with van der Waals surface area (Å²) in [7, 11) is 1.55. The largest absolute Gasteiger partial charge is 0.495 e. The van der Waals surface area contributed by atoms with E-state index in [1.165, 1.54) is 0 Å². The van der Waals surface area contributed by atoms with Gasteiger partial charge < -0.3 is 9.47 Å². The molecule has 0 fully saturated rings. The molecule has 0 aliphatic rings. The standard InChI is InChI=1S/C12H15NO2/c1-4-9-6-10(8-13)11(14-3)7-12(9)15-5-2/h6-7H,4-5H2,1-3H3. The molecular weight excluding hydrogens is 190 g/mol. The number of benzene rings is 1. The molecule has 1 rings (SSSR count). The molecule has 0 aliphatic heterocycles. The number of ether oxygens (including phenoxy) is 2. The van der Waals surface area contributed by atoms with E-state index in [9.17, 15) is 0 Å². The van der Waals surface area contributed by atoms with E-state index in [1.807, 2.05) is 19.9 Å². The second-order valence-corrected chi connectivity index (χ2v) is 3.06. The van der Waals surface area contributed by atoms with E-state index in [2.05, 4.69) is 6.07 Å². The summed E-state index contributed by atoms with van der Waals surface area (Å²) < 4.78 is 10.6. The van der Waals surface area contributed by atoms with Crippen molar-refractivity contribution in [2.45, 2.75) is 20.3 Å². The maximum absolute atomic E-state index is 8.92. The van der Waals surface area contributed by atoms with E-state index in [1.54, 1.807) is 13.2 Å². The summed E-state index contributed by atoms with van der Waals surface area (Å²) >= 11 is 0. The summed E-state index contributed by atoms with van der Waals surface area (Å²) in [5, 5.41) is 8.92. The highest BCUT2D eigenvalue weighted by atomic mass is 16.5. The summed E-state index contributed by atoms with van der Waals surface area (Å²) in [6.07, 6.45) is 0.841. The maximum Gasteiger partial charge on any atom is 0.140 e. The highest BCUT2D eigenvalue weighted by Crippen LogP contribution is 2.29. The van der Waals surface area contributed by atoms with E-state index in [4.69, 9.17) is 14.7 Å². The van der Waals surface area contributed by atoms with Crippen molar-refractivity contribution in [1.82, 2.24) is 0 Å². The number of nitrogens with zero attached hydrogens (tertiary/aromatic N) is 1. The number of rotatable bonds is 4. The first-order valence-corrected chi connectivity index (χ1v) is 5.00. The van der Waals surface area contributed by atoms with Gasteiger partial charge in [0.25, 0.3) is 0 Å². The summed E-state index contributed by atoms with van der Waals surface area (Å²) in [5.74, 6) is 1.37. The van der Waals surface area contributed by atoms with Gasteiger partial charge in [-0.2, -0.15) is 5.26 Å². The number of nitriles is 1. The van der Waals surface area contributed by atoms with Crippen molar-refractivity contribution < 1.29 is 9.47 Å². The van der Waals surface area contributed by atoms with Gasteiger partial charge in [-0.1, -0.05) is 6.92 Å². The van der Waals surface area contributed by atoms with Crippen LogP contribution in [0.4, 0.5) is 0 Å². The Morgan fingerprint density at radius 2 is 2.00 bits per heavy atom. The van der Waals surface area contributed by atoms with Gasteiger partial charge in [0.2, 0.25) is 0 Å². The fourth-order valence-electron chi connectivity index (χ4n) is 1.43. The zero-order valence-electron chi connectivity index (χ0n) is 9.33. The van der Waals surface area contributed by atoms with Crippen LogP contribution in [0.3, 0.4) is 0 Å². The van der Waals surface area contributed by atoms with Gasteiger partial charge in [0.15, 0.2) is 0 Å². The maximum atomic E-state index is 8.92. The van der Waals surface area contributed by atoms with Crippen molar-refractivity contribution in [3.63, 3.8) is 0 Å². The van der Waals surface area contributed by atoms with Gasteiger partial charge in [0.05, 0.1) is 19.3 Å². The van der Waals surface area contributed by atoms with Crippen LogP contribution < -0.4 is 9.47 Å². The molecule has 0 bridgehead atoms. The van der Waals surface area contributed by atoms with E-state index >= 15 is 0 Å². The minimum absolute atomic E-state index is 0.554. The van der Waals surface area contributed by atoms with Crippen LogP contribution in [0.2, 0.25) is 0 Å². The lowest BCUT2D eigenvalue weighted by molar-refractivity contribution is 0.332. The van der Waals surface area contributed by atoms with Gasteiger partial charge in [-0.15, -0.1) is 0 Å². The second-order valence-electron chi connectivity index (χ2n) is 3.06. The third-order valence-corrected chi connectivity index (χ3v) is 2.18. The first-order chi connectivity index (χ1) is 7.26. The smallest absolute Gasteiger partial charge is 0.140 e. The van der Waals surface area contributed by atoms with Crippen molar-refractivity contribution in [3.8, 4) is 17.6 Å². The van der Waals surface area contributed by atoms with Gasteiger partial charge in [0.1, 0.15) is 17.6 Å². The second kappa shape index (κ2) is 5.26. The lowest BCUT2D eigenvalue weighted by atomic mass is 10.1. The Hall–Kier alpha value is -1.69. The van der Waals surface area contributed by atoms with Crippen LogP contribution in [0, 0.1) is 11.3 Å². The third-order valence-electron chi connectivity index (χ3n) is 2.18. The van der Waals surface area contributed by atoms with Gasteiger partial charge in [0, 0.05) is 6.07 Å². The molecule has 80 valence electrons. The highest BCUT2D eigenvalue weighted by molar-refractivity contribution is 5.51. The topological polar surface area (TPSA) is 42.2 Å². The molecule has 1 aromatic rings. The van der Waals surface area contributed by atoms with Gasteiger partial charge >= 0.3 is 0 Å².